The molecular formula is C31H36ClFN2O8S. The van der Waals surface area contributed by atoms with E-state index in [2.05, 4.69) is 0 Å². The van der Waals surface area contributed by atoms with Crippen molar-refractivity contribution in [1.82, 2.24) is 4.90 Å². The standard InChI is InChI=1S/C31H36ClFN2O8S/c1-2-41-30(37)25-10-6-7-11-28(25)44(39,40)35(27-13-12-24(33)19-26(27)32)21-43-31(38)34-16-14-22(15-17-34)18-29(36)42-20-23-8-4-3-5-9-23/h3-5,8-10,12-13,19,22,28H,2,6-7,11,14-18,20-21H2,1H3. The molecule has 44 heavy (non-hydrogen) atoms. The molecule has 1 fully saturated rings. The average Bonchev–Trinajstić information content (AvgIpc) is 3.02. The van der Waals surface area contributed by atoms with E-state index in [-0.39, 0.29) is 54.2 Å². The highest BCUT2D eigenvalue weighted by atomic mass is 35.5. The highest BCUT2D eigenvalue weighted by Crippen LogP contribution is 2.35. The maximum absolute atomic E-state index is 14.0. The molecule has 1 amide bonds. The normalized spacial score (nSPS) is 17.4. The van der Waals surface area contributed by atoms with Gasteiger partial charge in [-0.1, -0.05) is 48.0 Å². The number of sulfonamides is 1. The largest absolute Gasteiger partial charge is 0.463 e. The van der Waals surface area contributed by atoms with Gasteiger partial charge in [0, 0.05) is 19.5 Å². The number of halogens is 2. The number of likely N-dealkylation sites (tertiary alicyclic amines) is 1. The fourth-order valence-electron chi connectivity index (χ4n) is 5.26. The molecule has 2 aromatic rings. The summed E-state index contributed by atoms with van der Waals surface area (Å²) in [6.45, 7) is 1.75. The molecule has 1 atom stereocenters. The molecule has 1 saturated heterocycles. The van der Waals surface area contributed by atoms with Gasteiger partial charge in [0.2, 0.25) is 10.0 Å². The SMILES string of the molecule is CCOC(=O)C1=CCCCC1S(=O)(=O)N(COC(=O)N1CCC(CC(=O)OCc2ccccc2)CC1)c1ccc(F)cc1Cl. The molecule has 1 aliphatic carbocycles. The van der Waals surface area contributed by atoms with Gasteiger partial charge in [-0.15, -0.1) is 0 Å². The summed E-state index contributed by atoms with van der Waals surface area (Å²) in [6, 6.07) is 12.6. The van der Waals surface area contributed by atoms with Crippen molar-refractivity contribution in [2.45, 2.75) is 57.3 Å². The van der Waals surface area contributed by atoms with Crippen molar-refractivity contribution in [3.8, 4) is 0 Å². The van der Waals surface area contributed by atoms with Crippen molar-refractivity contribution in [1.29, 1.82) is 0 Å². The van der Waals surface area contributed by atoms with E-state index >= 15 is 0 Å². The van der Waals surface area contributed by atoms with Gasteiger partial charge in [0.05, 0.1) is 22.9 Å². The maximum atomic E-state index is 14.0. The minimum Gasteiger partial charge on any atom is -0.463 e. The van der Waals surface area contributed by atoms with Crippen molar-refractivity contribution < 1.29 is 41.4 Å². The van der Waals surface area contributed by atoms with E-state index in [9.17, 15) is 27.2 Å². The molecule has 4 rings (SSSR count). The van der Waals surface area contributed by atoms with Crippen LogP contribution in [0.4, 0.5) is 14.9 Å². The second kappa shape index (κ2) is 15.4. The second-order valence-corrected chi connectivity index (χ2v) is 13.1. The molecule has 0 N–H and O–H groups in total. The number of anilines is 1. The third kappa shape index (κ3) is 8.50. The number of carbonyl (C=O) groups is 3. The molecule has 1 heterocycles. The van der Waals surface area contributed by atoms with E-state index < -0.39 is 39.9 Å². The van der Waals surface area contributed by atoms with Gasteiger partial charge < -0.3 is 19.1 Å². The molecular weight excluding hydrogens is 615 g/mol. The van der Waals surface area contributed by atoms with E-state index in [1.165, 1.54) is 11.0 Å². The second-order valence-electron chi connectivity index (χ2n) is 10.6. The first-order valence-electron chi connectivity index (χ1n) is 14.5. The highest BCUT2D eigenvalue weighted by molar-refractivity contribution is 7.93. The van der Waals surface area contributed by atoms with Gasteiger partial charge in [-0.25, -0.2) is 26.7 Å². The van der Waals surface area contributed by atoms with Gasteiger partial charge in [0.25, 0.3) is 0 Å². The number of carbonyl (C=O) groups excluding carboxylic acids is 3. The van der Waals surface area contributed by atoms with Crippen molar-refractivity contribution in [2.24, 2.45) is 5.92 Å². The summed E-state index contributed by atoms with van der Waals surface area (Å²) < 4.78 is 58.6. The number of ether oxygens (including phenoxy) is 3. The van der Waals surface area contributed by atoms with Crippen LogP contribution in [0, 0.1) is 11.7 Å². The third-order valence-corrected chi connectivity index (χ3v) is 10.0. The number of esters is 2. The zero-order chi connectivity index (χ0) is 31.7. The van der Waals surface area contributed by atoms with Crippen LogP contribution in [0.3, 0.4) is 0 Å². The lowest BCUT2D eigenvalue weighted by atomic mass is 9.94. The summed E-state index contributed by atoms with van der Waals surface area (Å²) in [5, 5.41) is -1.48. The van der Waals surface area contributed by atoms with Crippen LogP contribution in [0.25, 0.3) is 0 Å². The number of amides is 1. The number of allylic oxidation sites excluding steroid dienone is 1. The third-order valence-electron chi connectivity index (χ3n) is 7.61. The van der Waals surface area contributed by atoms with Crippen molar-refractivity contribution >= 4 is 45.3 Å². The van der Waals surface area contributed by atoms with Gasteiger partial charge in [-0.2, -0.15) is 0 Å². The highest BCUT2D eigenvalue weighted by Gasteiger charge is 2.40. The Balaban J connectivity index is 1.40. The van der Waals surface area contributed by atoms with E-state index in [4.69, 9.17) is 25.8 Å². The number of piperidine rings is 1. The molecule has 0 bridgehead atoms. The van der Waals surface area contributed by atoms with Gasteiger partial charge in [0.1, 0.15) is 17.7 Å². The number of rotatable bonds is 11. The molecule has 13 heteroatoms. The van der Waals surface area contributed by atoms with Crippen LogP contribution in [0.1, 0.15) is 51.0 Å². The Kier molecular flexibility index (Phi) is 11.6. The summed E-state index contributed by atoms with van der Waals surface area (Å²) in [5.74, 6) is -1.71. The number of nitrogens with zero attached hydrogens (tertiary/aromatic N) is 2. The lowest BCUT2D eigenvalue weighted by Gasteiger charge is -2.33. The Bertz CT molecular complexity index is 1460. The Morgan fingerprint density at radius 1 is 1.02 bits per heavy atom. The van der Waals surface area contributed by atoms with Crippen LogP contribution >= 0.6 is 11.6 Å². The number of hydrogen-bond acceptors (Lipinski definition) is 8. The predicted octanol–water partition coefficient (Wildman–Crippen LogP) is 5.60. The fourth-order valence-corrected chi connectivity index (χ4v) is 7.50. The topological polar surface area (TPSA) is 120 Å². The molecule has 238 valence electrons. The Morgan fingerprint density at radius 3 is 2.43 bits per heavy atom. The van der Waals surface area contributed by atoms with Gasteiger partial charge in [-0.05, 0) is 68.7 Å². The quantitative estimate of drug-likeness (QED) is 0.175. The number of benzene rings is 2. The van der Waals surface area contributed by atoms with E-state index in [0.29, 0.717) is 38.8 Å². The maximum Gasteiger partial charge on any atom is 0.411 e. The molecule has 0 aromatic heterocycles. The average molecular weight is 651 g/mol. The van der Waals surface area contributed by atoms with Crippen LogP contribution in [-0.2, 0) is 40.4 Å². The first kappa shape index (κ1) is 33.3. The van der Waals surface area contributed by atoms with Gasteiger partial charge >= 0.3 is 18.0 Å². The van der Waals surface area contributed by atoms with Crippen LogP contribution in [-0.4, -0.2) is 63.0 Å². The Hall–Kier alpha value is -3.64. The van der Waals surface area contributed by atoms with E-state index in [0.717, 1.165) is 22.0 Å². The molecule has 1 unspecified atom stereocenters. The molecule has 2 aliphatic rings. The Labute approximate surface area is 261 Å². The van der Waals surface area contributed by atoms with Crippen molar-refractivity contribution in [3.63, 3.8) is 0 Å². The van der Waals surface area contributed by atoms with Crippen molar-refractivity contribution in [2.75, 3.05) is 30.7 Å². The summed E-state index contributed by atoms with van der Waals surface area (Å²) in [5.41, 5.74) is 0.799. The predicted molar refractivity (Wildman–Crippen MR) is 162 cm³/mol. The van der Waals surface area contributed by atoms with Crippen LogP contribution < -0.4 is 4.31 Å². The first-order chi connectivity index (χ1) is 21.1. The van der Waals surface area contributed by atoms with Gasteiger partial charge in [-0.3, -0.25) is 4.79 Å². The smallest absolute Gasteiger partial charge is 0.411 e. The minimum atomic E-state index is -4.39. The summed E-state index contributed by atoms with van der Waals surface area (Å²) in [4.78, 5) is 39.4. The first-order valence-corrected chi connectivity index (χ1v) is 16.4. The molecule has 2 aromatic carbocycles. The molecule has 0 saturated carbocycles. The Morgan fingerprint density at radius 2 is 1.75 bits per heavy atom. The number of hydrogen-bond donors (Lipinski definition) is 0. The summed E-state index contributed by atoms with van der Waals surface area (Å²) in [7, 11) is -4.39. The summed E-state index contributed by atoms with van der Waals surface area (Å²) >= 11 is 6.26. The molecule has 0 radical (unpaired) electrons. The molecule has 0 spiro atoms. The van der Waals surface area contributed by atoms with Gasteiger partial charge in [0.15, 0.2) is 6.73 Å². The zero-order valence-electron chi connectivity index (χ0n) is 24.5. The van der Waals surface area contributed by atoms with Crippen LogP contribution in [0.15, 0.2) is 60.2 Å². The molecule has 1 aliphatic heterocycles. The summed E-state index contributed by atoms with van der Waals surface area (Å²) in [6.07, 6.45) is 3.24. The monoisotopic (exact) mass is 650 g/mol. The minimum absolute atomic E-state index is 0.00275. The van der Waals surface area contributed by atoms with Crippen LogP contribution in [0.2, 0.25) is 5.02 Å². The van der Waals surface area contributed by atoms with Crippen molar-refractivity contribution in [3.05, 3.63) is 76.6 Å². The molecule has 10 nitrogen and oxygen atoms in total. The van der Waals surface area contributed by atoms with E-state index in [1.54, 1.807) is 13.0 Å². The van der Waals surface area contributed by atoms with Crippen LogP contribution in [0.5, 0.6) is 0 Å². The van der Waals surface area contributed by atoms with E-state index in [1.807, 2.05) is 30.3 Å². The lowest BCUT2D eigenvalue weighted by molar-refractivity contribution is -0.146. The lowest BCUT2D eigenvalue weighted by Crippen LogP contribution is -2.46. The zero-order valence-corrected chi connectivity index (χ0v) is 26.0. The fraction of sp³-hybridized carbons (Fsp3) is 0.452.